The summed E-state index contributed by atoms with van der Waals surface area (Å²) in [5.74, 6) is -0.355. The van der Waals surface area contributed by atoms with Gasteiger partial charge in [0, 0.05) is 55.9 Å². The molecule has 3 heterocycles. The van der Waals surface area contributed by atoms with E-state index in [0.29, 0.717) is 29.5 Å². The van der Waals surface area contributed by atoms with Gasteiger partial charge in [-0.05, 0) is 50.6 Å². The van der Waals surface area contributed by atoms with Gasteiger partial charge in [-0.2, -0.15) is 4.99 Å². The average molecular weight is 583 g/mol. The first kappa shape index (κ1) is 26.8. The number of amides is 1. The lowest BCUT2D eigenvalue weighted by molar-refractivity contribution is 0.0607. The summed E-state index contributed by atoms with van der Waals surface area (Å²) in [5.41, 5.74) is 11.6. The molecule has 2 aromatic rings. The molecular formula is C25H34BrClFN7O. The third-order valence-electron chi connectivity index (χ3n) is 7.03. The molecule has 36 heavy (non-hydrogen) atoms. The lowest BCUT2D eigenvalue weighted by Crippen LogP contribution is -2.58. The molecule has 0 spiro atoms. The zero-order chi connectivity index (χ0) is 25.8. The number of aliphatic imine (C=N–C) groups is 1. The molecule has 2 aliphatic heterocycles. The monoisotopic (exact) mass is 581 g/mol. The second kappa shape index (κ2) is 11.9. The number of nitrogens with two attached hydrogens (primary N) is 2. The van der Waals surface area contributed by atoms with Crippen molar-refractivity contribution in [2.24, 2.45) is 16.5 Å². The highest BCUT2D eigenvalue weighted by Crippen LogP contribution is 2.30. The first-order valence-corrected chi connectivity index (χ1v) is 13.4. The van der Waals surface area contributed by atoms with Crippen LogP contribution in [0, 0.1) is 5.82 Å². The molecular weight excluding hydrogens is 549 g/mol. The summed E-state index contributed by atoms with van der Waals surface area (Å²) in [7, 11) is 0. The standard InChI is InChI=1S/C25H32BrClFN7O.H2/c1-2-19-15-34(23-21(27)11-17(13-31-23)24(36)32-25(29)30)9-10-35(19)20-5-7-33(8-6-20)14-16-3-4-18(26)12-22(16)28;/h3-4,11-13,19-20H,2,5-10,14-15H2,1H3,(H4,29,30,32,36);1H/t19-;/m0./s1. The van der Waals surface area contributed by atoms with E-state index < -0.39 is 5.91 Å². The molecule has 1 aromatic carbocycles. The Morgan fingerprint density at radius 3 is 2.64 bits per heavy atom. The molecule has 0 unspecified atom stereocenters. The number of rotatable bonds is 6. The molecule has 4 N–H and O–H groups in total. The number of anilines is 1. The van der Waals surface area contributed by atoms with Gasteiger partial charge >= 0.3 is 0 Å². The molecule has 4 rings (SSSR count). The number of piperidine rings is 1. The molecule has 0 bridgehead atoms. The van der Waals surface area contributed by atoms with Crippen molar-refractivity contribution >= 4 is 45.2 Å². The molecule has 2 aliphatic rings. The number of hydrogen-bond acceptors (Lipinski definition) is 5. The van der Waals surface area contributed by atoms with E-state index >= 15 is 0 Å². The van der Waals surface area contributed by atoms with Crippen molar-refractivity contribution in [3.8, 4) is 0 Å². The van der Waals surface area contributed by atoms with Gasteiger partial charge in [0.05, 0.1) is 10.6 Å². The highest BCUT2D eigenvalue weighted by atomic mass is 79.9. The fourth-order valence-corrected chi connectivity index (χ4v) is 5.79. The smallest absolute Gasteiger partial charge is 0.281 e. The number of aromatic nitrogens is 1. The minimum Gasteiger partial charge on any atom is -0.370 e. The summed E-state index contributed by atoms with van der Waals surface area (Å²) in [5, 5.41) is 0.406. The third kappa shape index (κ3) is 6.34. The molecule has 0 aliphatic carbocycles. The largest absolute Gasteiger partial charge is 0.370 e. The van der Waals surface area contributed by atoms with Gasteiger partial charge in [0.1, 0.15) is 11.6 Å². The second-order valence-corrected chi connectivity index (χ2v) is 10.7. The van der Waals surface area contributed by atoms with Gasteiger partial charge in [0.15, 0.2) is 5.96 Å². The van der Waals surface area contributed by atoms with E-state index in [9.17, 15) is 9.18 Å². The Labute approximate surface area is 226 Å². The summed E-state index contributed by atoms with van der Waals surface area (Å²) in [4.78, 5) is 27.2. The fourth-order valence-electron chi connectivity index (χ4n) is 5.17. The maximum atomic E-state index is 14.3. The Balaban J connectivity index is 0.00000380. The molecule has 1 atom stereocenters. The summed E-state index contributed by atoms with van der Waals surface area (Å²) >= 11 is 9.83. The maximum absolute atomic E-state index is 14.3. The van der Waals surface area contributed by atoms with Gasteiger partial charge in [-0.25, -0.2) is 9.37 Å². The van der Waals surface area contributed by atoms with Crippen LogP contribution in [0.1, 0.15) is 43.5 Å². The third-order valence-corrected chi connectivity index (χ3v) is 7.80. The molecule has 1 aromatic heterocycles. The number of benzene rings is 1. The van der Waals surface area contributed by atoms with E-state index in [2.05, 4.69) is 47.5 Å². The molecule has 1 amide bonds. The molecule has 11 heteroatoms. The van der Waals surface area contributed by atoms with Gasteiger partial charge in [-0.3, -0.25) is 14.6 Å². The second-order valence-electron chi connectivity index (χ2n) is 9.36. The van der Waals surface area contributed by atoms with E-state index in [1.54, 1.807) is 6.07 Å². The number of pyridine rings is 1. The molecule has 0 radical (unpaired) electrons. The minimum atomic E-state index is -0.568. The van der Waals surface area contributed by atoms with Crippen LogP contribution >= 0.6 is 27.5 Å². The van der Waals surface area contributed by atoms with Crippen LogP contribution in [0.25, 0.3) is 0 Å². The number of guanidine groups is 1. The average Bonchev–Trinajstić information content (AvgIpc) is 2.85. The minimum absolute atomic E-state index is 0. The Morgan fingerprint density at radius 1 is 1.25 bits per heavy atom. The number of piperazine rings is 1. The van der Waals surface area contributed by atoms with Crippen LogP contribution < -0.4 is 16.4 Å². The van der Waals surface area contributed by atoms with Gasteiger partial charge in [-0.15, -0.1) is 0 Å². The zero-order valence-corrected chi connectivity index (χ0v) is 22.7. The highest BCUT2D eigenvalue weighted by molar-refractivity contribution is 9.10. The molecule has 2 saturated heterocycles. The van der Waals surface area contributed by atoms with Crippen molar-refractivity contribution in [3.05, 3.63) is 56.9 Å². The maximum Gasteiger partial charge on any atom is 0.281 e. The van der Waals surface area contributed by atoms with Crippen LogP contribution in [0.2, 0.25) is 5.02 Å². The van der Waals surface area contributed by atoms with E-state index in [4.69, 9.17) is 23.1 Å². The van der Waals surface area contributed by atoms with Crippen LogP contribution in [0.3, 0.4) is 0 Å². The first-order valence-electron chi connectivity index (χ1n) is 12.2. The van der Waals surface area contributed by atoms with Gasteiger partial charge < -0.3 is 16.4 Å². The number of halogens is 3. The SMILES string of the molecule is CC[C@H]1CN(c2ncc(C(=O)N=C(N)N)cc2Cl)CCN1C1CCN(Cc2ccc(Br)cc2F)CC1.[HH]. The topological polar surface area (TPSA) is 104 Å². The van der Waals surface area contributed by atoms with E-state index in [0.717, 1.165) is 62.0 Å². The number of carbonyl (C=O) groups is 1. The van der Waals surface area contributed by atoms with Crippen molar-refractivity contribution < 1.29 is 10.6 Å². The van der Waals surface area contributed by atoms with Crippen LogP contribution in [0.4, 0.5) is 10.2 Å². The van der Waals surface area contributed by atoms with E-state index in [1.165, 1.54) is 12.3 Å². The van der Waals surface area contributed by atoms with E-state index in [-0.39, 0.29) is 18.8 Å². The van der Waals surface area contributed by atoms with Crippen LogP contribution in [-0.4, -0.2) is 71.5 Å². The number of likely N-dealkylation sites (tertiary alicyclic amines) is 1. The molecule has 0 saturated carbocycles. The quantitative estimate of drug-likeness (QED) is 0.394. The zero-order valence-electron chi connectivity index (χ0n) is 20.3. The molecule has 196 valence electrons. The Morgan fingerprint density at radius 2 is 2.00 bits per heavy atom. The summed E-state index contributed by atoms with van der Waals surface area (Å²) in [6.07, 6.45) is 4.61. The predicted molar refractivity (Wildman–Crippen MR) is 147 cm³/mol. The number of hydrogen-bond donors (Lipinski definition) is 2. The van der Waals surface area contributed by atoms with Gasteiger partial charge in [0.2, 0.25) is 0 Å². The van der Waals surface area contributed by atoms with E-state index in [1.807, 2.05) is 12.1 Å². The van der Waals surface area contributed by atoms with Crippen molar-refractivity contribution in [1.82, 2.24) is 14.8 Å². The number of nitrogens with zero attached hydrogens (tertiary/aromatic N) is 5. The van der Waals surface area contributed by atoms with Crippen LogP contribution in [0.5, 0.6) is 0 Å². The van der Waals surface area contributed by atoms with Gasteiger partial charge in [-0.1, -0.05) is 40.5 Å². The van der Waals surface area contributed by atoms with Crippen molar-refractivity contribution in [1.29, 1.82) is 0 Å². The van der Waals surface area contributed by atoms with Crippen molar-refractivity contribution in [3.63, 3.8) is 0 Å². The predicted octanol–water partition coefficient (Wildman–Crippen LogP) is 3.86. The van der Waals surface area contributed by atoms with Crippen LogP contribution in [0.15, 0.2) is 39.9 Å². The summed E-state index contributed by atoms with van der Waals surface area (Å²) < 4.78 is 15.0. The van der Waals surface area contributed by atoms with Crippen LogP contribution in [-0.2, 0) is 6.54 Å². The molecule has 2 fully saturated rings. The highest BCUT2D eigenvalue weighted by Gasteiger charge is 2.34. The molecule has 8 nitrogen and oxygen atoms in total. The lowest BCUT2D eigenvalue weighted by atomic mass is 9.97. The first-order chi connectivity index (χ1) is 17.2. The van der Waals surface area contributed by atoms with Crippen molar-refractivity contribution in [2.45, 2.75) is 44.8 Å². The normalized spacial score (nSPS) is 19.9. The lowest BCUT2D eigenvalue weighted by Gasteiger charge is -2.47. The fraction of sp³-hybridized carbons (Fsp3) is 0.480. The summed E-state index contributed by atoms with van der Waals surface area (Å²) in [6, 6.07) is 7.74. The van der Waals surface area contributed by atoms with Gasteiger partial charge in [0.25, 0.3) is 5.91 Å². The Bertz CT molecular complexity index is 1130. The van der Waals surface area contributed by atoms with Crippen molar-refractivity contribution in [2.75, 3.05) is 37.6 Å². The Kier molecular flexibility index (Phi) is 8.82. The Hall–Kier alpha value is -2.27. The summed E-state index contributed by atoms with van der Waals surface area (Å²) in [6.45, 7) is 7.28. The number of carbonyl (C=O) groups excluding carboxylic acids is 1.